The molecule has 0 saturated carbocycles. The largest absolute Gasteiger partial charge is 0.496 e. The van der Waals surface area contributed by atoms with Crippen LogP contribution in [0.2, 0.25) is 0 Å². The van der Waals surface area contributed by atoms with E-state index in [0.29, 0.717) is 30.5 Å². The first-order valence-electron chi connectivity index (χ1n) is 7.90. The number of ether oxygens (including phenoxy) is 1. The summed E-state index contributed by atoms with van der Waals surface area (Å²) in [5.74, 6) is 1.39. The minimum atomic E-state index is -0.0984. The van der Waals surface area contributed by atoms with E-state index in [0.717, 1.165) is 17.0 Å². The summed E-state index contributed by atoms with van der Waals surface area (Å²) in [5, 5.41) is 9.25. The van der Waals surface area contributed by atoms with Gasteiger partial charge in [0.25, 0.3) is 5.91 Å². The minimum Gasteiger partial charge on any atom is -0.496 e. The van der Waals surface area contributed by atoms with Crippen molar-refractivity contribution in [1.29, 1.82) is 0 Å². The van der Waals surface area contributed by atoms with E-state index >= 15 is 0 Å². The van der Waals surface area contributed by atoms with Crippen LogP contribution in [0, 0.1) is 6.92 Å². The molecule has 0 unspecified atom stereocenters. The van der Waals surface area contributed by atoms with Crippen LogP contribution in [0.1, 0.15) is 20.9 Å². The van der Waals surface area contributed by atoms with Crippen molar-refractivity contribution in [3.05, 3.63) is 45.9 Å². The molecule has 0 aliphatic carbocycles. The first kappa shape index (κ1) is 22.2. The average Bonchev–Trinajstić information content (AvgIpc) is 3.07. The number of carbonyl (C=O) groups is 1. The van der Waals surface area contributed by atoms with Gasteiger partial charge in [0.15, 0.2) is 5.96 Å². The molecule has 142 valence electrons. The number of aliphatic imine (C=N–C) groups is 1. The Kier molecular flexibility index (Phi) is 9.96. The molecule has 1 heterocycles. The molecule has 2 aromatic rings. The number of hydrogen-bond donors (Lipinski definition) is 3. The second kappa shape index (κ2) is 11.7. The summed E-state index contributed by atoms with van der Waals surface area (Å²) < 4.78 is 5.33. The fraction of sp³-hybridized carbons (Fsp3) is 0.353. The number of aromatic nitrogens is 1. The van der Waals surface area contributed by atoms with E-state index in [1.807, 2.05) is 31.2 Å². The average molecular weight is 489 g/mol. The molecule has 0 aliphatic heterocycles. The first-order chi connectivity index (χ1) is 12.2. The number of nitrogens with one attached hydrogen (secondary N) is 3. The molecule has 0 fully saturated rings. The molecule has 2 rings (SSSR count). The molecule has 3 N–H and O–H groups in total. The van der Waals surface area contributed by atoms with Crippen LogP contribution in [0.25, 0.3) is 0 Å². The Morgan fingerprint density at radius 3 is 2.62 bits per heavy atom. The van der Waals surface area contributed by atoms with Crippen LogP contribution in [0.4, 0.5) is 0 Å². The van der Waals surface area contributed by atoms with Gasteiger partial charge in [-0.15, -0.1) is 35.3 Å². The highest BCUT2D eigenvalue weighted by atomic mass is 127. The highest BCUT2D eigenvalue weighted by molar-refractivity contribution is 14.0. The number of benzene rings is 1. The van der Waals surface area contributed by atoms with Crippen molar-refractivity contribution < 1.29 is 9.53 Å². The highest BCUT2D eigenvalue weighted by Crippen LogP contribution is 2.16. The van der Waals surface area contributed by atoms with Gasteiger partial charge >= 0.3 is 0 Å². The Bertz CT molecular complexity index is 735. The summed E-state index contributed by atoms with van der Waals surface area (Å²) in [6.07, 6.45) is 0. The molecule has 0 aliphatic rings. The van der Waals surface area contributed by atoms with Crippen LogP contribution in [0.15, 0.2) is 34.8 Å². The number of amides is 1. The summed E-state index contributed by atoms with van der Waals surface area (Å²) in [6, 6.07) is 7.82. The van der Waals surface area contributed by atoms with Crippen molar-refractivity contribution in [3.8, 4) is 5.75 Å². The molecule has 0 bridgehead atoms. The molecule has 26 heavy (non-hydrogen) atoms. The minimum absolute atomic E-state index is 0. The number of rotatable bonds is 7. The van der Waals surface area contributed by atoms with E-state index in [9.17, 15) is 4.79 Å². The highest BCUT2D eigenvalue weighted by Gasteiger charge is 2.10. The van der Waals surface area contributed by atoms with Crippen LogP contribution in [0.5, 0.6) is 5.75 Å². The third kappa shape index (κ3) is 6.45. The summed E-state index contributed by atoms with van der Waals surface area (Å²) in [6.45, 7) is 3.48. The number of aryl methyl sites for hydroxylation is 1. The fourth-order valence-electron chi connectivity index (χ4n) is 2.21. The number of methoxy groups -OCH3 is 1. The standard InChI is InChI=1S/C17H23N5O2S.HI/c1-12-15(25-11-22-12)16(23)19-8-9-20-17(18-2)21-10-13-6-4-5-7-14(13)24-3;/h4-7,11H,8-10H2,1-3H3,(H,19,23)(H2,18,20,21);1H. The van der Waals surface area contributed by atoms with E-state index < -0.39 is 0 Å². The number of guanidine groups is 1. The maximum absolute atomic E-state index is 12.0. The molecule has 1 aromatic heterocycles. The molecule has 0 spiro atoms. The van der Waals surface area contributed by atoms with Gasteiger partial charge in [0.2, 0.25) is 0 Å². The second-order valence-corrected chi connectivity index (χ2v) is 6.04. The van der Waals surface area contributed by atoms with Crippen LogP contribution in [-0.4, -0.2) is 44.1 Å². The van der Waals surface area contributed by atoms with Crippen molar-refractivity contribution in [3.63, 3.8) is 0 Å². The second-order valence-electron chi connectivity index (χ2n) is 5.19. The third-order valence-corrected chi connectivity index (χ3v) is 4.44. The Hall–Kier alpha value is -1.88. The van der Waals surface area contributed by atoms with Crippen molar-refractivity contribution in [2.75, 3.05) is 27.2 Å². The van der Waals surface area contributed by atoms with Gasteiger partial charge in [0, 0.05) is 32.2 Å². The Balaban J connectivity index is 0.00000338. The van der Waals surface area contributed by atoms with Gasteiger partial charge in [0.05, 0.1) is 18.3 Å². The first-order valence-corrected chi connectivity index (χ1v) is 8.78. The molecular weight excluding hydrogens is 465 g/mol. The maximum atomic E-state index is 12.0. The van der Waals surface area contributed by atoms with E-state index in [1.165, 1.54) is 11.3 Å². The number of carbonyl (C=O) groups excluding carboxylic acids is 1. The van der Waals surface area contributed by atoms with Gasteiger partial charge in [0.1, 0.15) is 10.6 Å². The molecule has 9 heteroatoms. The lowest BCUT2D eigenvalue weighted by molar-refractivity contribution is 0.0957. The van der Waals surface area contributed by atoms with Gasteiger partial charge < -0.3 is 20.7 Å². The lowest BCUT2D eigenvalue weighted by atomic mass is 10.2. The quantitative estimate of drug-likeness (QED) is 0.240. The van der Waals surface area contributed by atoms with E-state index in [2.05, 4.69) is 25.9 Å². The zero-order valence-corrected chi connectivity index (χ0v) is 18.2. The normalized spacial score (nSPS) is 10.7. The van der Waals surface area contributed by atoms with Crippen LogP contribution < -0.4 is 20.7 Å². The fourth-order valence-corrected chi connectivity index (χ4v) is 2.92. The predicted octanol–water partition coefficient (Wildman–Crippen LogP) is 2.17. The molecule has 0 atom stereocenters. The van der Waals surface area contributed by atoms with Crippen molar-refractivity contribution in [1.82, 2.24) is 20.9 Å². The van der Waals surface area contributed by atoms with Crippen LogP contribution >= 0.6 is 35.3 Å². The summed E-state index contributed by atoms with van der Waals surface area (Å²) in [4.78, 5) is 20.9. The van der Waals surface area contributed by atoms with Gasteiger partial charge in [-0.1, -0.05) is 18.2 Å². The number of thiazole rings is 1. The number of para-hydroxylation sites is 1. The summed E-state index contributed by atoms with van der Waals surface area (Å²) in [7, 11) is 3.36. The lowest BCUT2D eigenvalue weighted by Crippen LogP contribution is -2.41. The smallest absolute Gasteiger partial charge is 0.263 e. The van der Waals surface area contributed by atoms with Crippen molar-refractivity contribution >= 4 is 47.2 Å². The lowest BCUT2D eigenvalue weighted by Gasteiger charge is -2.14. The van der Waals surface area contributed by atoms with Crippen LogP contribution in [-0.2, 0) is 6.54 Å². The molecule has 0 saturated heterocycles. The molecular formula is C17H24IN5O2S. The van der Waals surface area contributed by atoms with Gasteiger partial charge in [-0.25, -0.2) is 4.98 Å². The third-order valence-electron chi connectivity index (χ3n) is 3.52. The monoisotopic (exact) mass is 489 g/mol. The number of halogens is 1. The van der Waals surface area contributed by atoms with Crippen LogP contribution in [0.3, 0.4) is 0 Å². The Morgan fingerprint density at radius 2 is 1.96 bits per heavy atom. The predicted molar refractivity (Wildman–Crippen MR) is 116 cm³/mol. The number of hydrogen-bond acceptors (Lipinski definition) is 5. The van der Waals surface area contributed by atoms with Gasteiger partial charge in [-0.2, -0.15) is 0 Å². The SMILES string of the molecule is CN=C(NCCNC(=O)c1scnc1C)NCc1ccccc1OC.I. The molecule has 7 nitrogen and oxygen atoms in total. The molecule has 0 radical (unpaired) electrons. The summed E-state index contributed by atoms with van der Waals surface area (Å²) >= 11 is 1.34. The molecule has 1 amide bonds. The van der Waals surface area contributed by atoms with E-state index in [-0.39, 0.29) is 29.9 Å². The zero-order chi connectivity index (χ0) is 18.1. The maximum Gasteiger partial charge on any atom is 0.263 e. The van der Waals surface area contributed by atoms with Crippen molar-refractivity contribution in [2.45, 2.75) is 13.5 Å². The van der Waals surface area contributed by atoms with Crippen molar-refractivity contribution in [2.24, 2.45) is 4.99 Å². The van der Waals surface area contributed by atoms with E-state index in [1.54, 1.807) is 19.7 Å². The van der Waals surface area contributed by atoms with Gasteiger partial charge in [-0.05, 0) is 13.0 Å². The summed E-state index contributed by atoms with van der Waals surface area (Å²) in [5.41, 5.74) is 3.47. The Labute approximate surface area is 174 Å². The van der Waals surface area contributed by atoms with E-state index in [4.69, 9.17) is 4.74 Å². The zero-order valence-electron chi connectivity index (χ0n) is 15.0. The topological polar surface area (TPSA) is 87.6 Å². The van der Waals surface area contributed by atoms with Gasteiger partial charge in [-0.3, -0.25) is 9.79 Å². The number of nitrogens with zero attached hydrogens (tertiary/aromatic N) is 2. The Morgan fingerprint density at radius 1 is 1.23 bits per heavy atom. The molecule has 1 aromatic carbocycles.